The van der Waals surface area contributed by atoms with Gasteiger partial charge in [0.1, 0.15) is 0 Å². The number of nitrogens with one attached hydrogen (secondary N) is 1. The number of carboxylic acids is 1. The number of hydrogen-bond donors (Lipinski definition) is 2. The summed E-state index contributed by atoms with van der Waals surface area (Å²) in [4.78, 5) is 22.6. The van der Waals surface area contributed by atoms with Crippen molar-refractivity contribution in [1.82, 2.24) is 5.32 Å². The molecule has 2 N–H and O–H groups in total. The van der Waals surface area contributed by atoms with Gasteiger partial charge in [-0.15, -0.1) is 0 Å². The second-order valence-electron chi connectivity index (χ2n) is 5.56. The van der Waals surface area contributed by atoms with E-state index in [9.17, 15) is 9.59 Å². The molecule has 1 saturated carbocycles. The maximum Gasteiger partial charge on any atom is 0.303 e. The Morgan fingerprint density at radius 1 is 1.43 bits per heavy atom. The predicted octanol–water partition coefficient (Wildman–Crippen LogP) is 3.32. The molecule has 1 aliphatic rings. The number of hydrogen-bond acceptors (Lipinski definition) is 2. The number of carboxylic acid groups (broad SMARTS) is 1. The SMILES string of the molecule is CC(CNC(=O)C1CC1c1ccc(Cl)cc1Cl)CC(=O)O. The van der Waals surface area contributed by atoms with Crippen molar-refractivity contribution in [3.8, 4) is 0 Å². The minimum atomic E-state index is -0.853. The van der Waals surface area contributed by atoms with Crippen LogP contribution in [0.2, 0.25) is 10.0 Å². The summed E-state index contributed by atoms with van der Waals surface area (Å²) in [7, 11) is 0. The van der Waals surface area contributed by atoms with Crippen molar-refractivity contribution in [2.75, 3.05) is 6.54 Å². The van der Waals surface area contributed by atoms with E-state index in [-0.39, 0.29) is 30.1 Å². The first-order chi connectivity index (χ1) is 9.88. The van der Waals surface area contributed by atoms with Crippen LogP contribution in [0.5, 0.6) is 0 Å². The zero-order valence-electron chi connectivity index (χ0n) is 11.6. The predicted molar refractivity (Wildman–Crippen MR) is 81.7 cm³/mol. The largest absolute Gasteiger partial charge is 0.481 e. The van der Waals surface area contributed by atoms with E-state index < -0.39 is 5.97 Å². The lowest BCUT2D eigenvalue weighted by Crippen LogP contribution is -2.30. The Labute approximate surface area is 133 Å². The Kier molecular flexibility index (Phi) is 5.12. The fourth-order valence-corrected chi connectivity index (χ4v) is 2.96. The van der Waals surface area contributed by atoms with Gasteiger partial charge in [-0.3, -0.25) is 9.59 Å². The molecule has 1 aliphatic carbocycles. The number of aliphatic carboxylic acids is 1. The van der Waals surface area contributed by atoms with Gasteiger partial charge in [0.15, 0.2) is 0 Å². The molecule has 1 aromatic carbocycles. The Morgan fingerprint density at radius 2 is 2.14 bits per heavy atom. The molecule has 0 bridgehead atoms. The van der Waals surface area contributed by atoms with E-state index in [1.165, 1.54) is 0 Å². The van der Waals surface area contributed by atoms with Gasteiger partial charge >= 0.3 is 5.97 Å². The molecule has 0 heterocycles. The first kappa shape index (κ1) is 16.1. The number of amides is 1. The number of carbonyl (C=O) groups is 2. The molecule has 3 unspecified atom stereocenters. The van der Waals surface area contributed by atoms with Gasteiger partial charge in [-0.05, 0) is 36.0 Å². The summed E-state index contributed by atoms with van der Waals surface area (Å²) in [5, 5.41) is 12.6. The zero-order chi connectivity index (χ0) is 15.6. The van der Waals surface area contributed by atoms with E-state index in [0.29, 0.717) is 16.6 Å². The van der Waals surface area contributed by atoms with E-state index in [1.807, 2.05) is 6.07 Å². The molecule has 1 aromatic rings. The van der Waals surface area contributed by atoms with Crippen molar-refractivity contribution in [2.45, 2.75) is 25.7 Å². The number of carbonyl (C=O) groups excluding carboxylic acids is 1. The molecule has 4 nitrogen and oxygen atoms in total. The Hall–Kier alpha value is -1.26. The van der Waals surface area contributed by atoms with Crippen molar-refractivity contribution >= 4 is 35.1 Å². The van der Waals surface area contributed by atoms with Crippen molar-refractivity contribution in [2.24, 2.45) is 11.8 Å². The molecule has 0 aromatic heterocycles. The molecule has 0 radical (unpaired) electrons. The Morgan fingerprint density at radius 3 is 2.76 bits per heavy atom. The molecule has 0 saturated heterocycles. The average molecular weight is 330 g/mol. The summed E-state index contributed by atoms with van der Waals surface area (Å²) < 4.78 is 0. The van der Waals surface area contributed by atoms with Crippen LogP contribution in [0.15, 0.2) is 18.2 Å². The Bertz CT molecular complexity index is 562. The highest BCUT2D eigenvalue weighted by Crippen LogP contribution is 2.50. The van der Waals surface area contributed by atoms with Crippen LogP contribution in [0, 0.1) is 11.8 Å². The van der Waals surface area contributed by atoms with Crippen LogP contribution in [-0.2, 0) is 9.59 Å². The standard InChI is InChI=1S/C15H17Cl2NO3/c1-8(4-14(19)20)7-18-15(21)12-6-11(12)10-3-2-9(16)5-13(10)17/h2-3,5,8,11-12H,4,6-7H2,1H3,(H,18,21)(H,19,20). The first-order valence-electron chi connectivity index (χ1n) is 6.83. The summed E-state index contributed by atoms with van der Waals surface area (Å²) in [5.41, 5.74) is 0.944. The molecule has 6 heteroatoms. The second kappa shape index (κ2) is 6.67. The van der Waals surface area contributed by atoms with Crippen LogP contribution in [-0.4, -0.2) is 23.5 Å². The summed E-state index contributed by atoms with van der Waals surface area (Å²) >= 11 is 12.0. The molecule has 1 amide bonds. The molecule has 1 fully saturated rings. The van der Waals surface area contributed by atoms with Crippen LogP contribution < -0.4 is 5.32 Å². The van der Waals surface area contributed by atoms with Gasteiger partial charge in [-0.1, -0.05) is 36.2 Å². The van der Waals surface area contributed by atoms with Crippen molar-refractivity contribution in [3.05, 3.63) is 33.8 Å². The summed E-state index contributed by atoms with van der Waals surface area (Å²) in [6.07, 6.45) is 0.817. The third kappa shape index (κ3) is 4.35. The van der Waals surface area contributed by atoms with Gasteiger partial charge in [0.2, 0.25) is 5.91 Å². The normalized spacial score (nSPS) is 21.7. The van der Waals surface area contributed by atoms with E-state index in [4.69, 9.17) is 28.3 Å². The summed E-state index contributed by atoms with van der Waals surface area (Å²) in [5.74, 6) is -0.926. The summed E-state index contributed by atoms with van der Waals surface area (Å²) in [6.45, 7) is 2.18. The van der Waals surface area contributed by atoms with Crippen molar-refractivity contribution in [1.29, 1.82) is 0 Å². The topological polar surface area (TPSA) is 66.4 Å². The van der Waals surface area contributed by atoms with Crippen molar-refractivity contribution in [3.63, 3.8) is 0 Å². The van der Waals surface area contributed by atoms with E-state index >= 15 is 0 Å². The van der Waals surface area contributed by atoms with Crippen LogP contribution in [0.25, 0.3) is 0 Å². The van der Waals surface area contributed by atoms with Gasteiger partial charge in [0, 0.05) is 28.9 Å². The van der Waals surface area contributed by atoms with Crippen LogP contribution in [0.4, 0.5) is 0 Å². The summed E-state index contributed by atoms with van der Waals surface area (Å²) in [6, 6.07) is 5.31. The van der Waals surface area contributed by atoms with Crippen LogP contribution in [0.1, 0.15) is 31.2 Å². The third-order valence-electron chi connectivity index (χ3n) is 3.64. The number of benzene rings is 1. The third-order valence-corrected chi connectivity index (χ3v) is 4.20. The minimum absolute atomic E-state index is 0.0387. The molecular weight excluding hydrogens is 313 g/mol. The highest BCUT2D eigenvalue weighted by molar-refractivity contribution is 6.35. The van der Waals surface area contributed by atoms with E-state index in [1.54, 1.807) is 19.1 Å². The van der Waals surface area contributed by atoms with Gasteiger partial charge in [0.05, 0.1) is 0 Å². The van der Waals surface area contributed by atoms with Gasteiger partial charge < -0.3 is 10.4 Å². The number of halogens is 2. The molecule has 2 rings (SSSR count). The molecule has 0 aliphatic heterocycles. The molecular formula is C15H17Cl2NO3. The fraction of sp³-hybridized carbons (Fsp3) is 0.467. The average Bonchev–Trinajstić information content (AvgIpc) is 3.15. The molecule has 3 atom stereocenters. The Balaban J connectivity index is 1.85. The highest BCUT2D eigenvalue weighted by Gasteiger charge is 2.44. The maximum atomic E-state index is 12.0. The molecule has 21 heavy (non-hydrogen) atoms. The lowest BCUT2D eigenvalue weighted by atomic mass is 10.1. The highest BCUT2D eigenvalue weighted by atomic mass is 35.5. The molecule has 0 spiro atoms. The van der Waals surface area contributed by atoms with Gasteiger partial charge in [-0.2, -0.15) is 0 Å². The first-order valence-corrected chi connectivity index (χ1v) is 7.58. The van der Waals surface area contributed by atoms with E-state index in [2.05, 4.69) is 5.32 Å². The fourth-order valence-electron chi connectivity index (χ4n) is 2.41. The van der Waals surface area contributed by atoms with Crippen molar-refractivity contribution < 1.29 is 14.7 Å². The lowest BCUT2D eigenvalue weighted by molar-refractivity contribution is -0.138. The maximum absolute atomic E-state index is 12.0. The van der Waals surface area contributed by atoms with Crippen LogP contribution in [0.3, 0.4) is 0 Å². The lowest BCUT2D eigenvalue weighted by Gasteiger charge is -2.10. The second-order valence-corrected chi connectivity index (χ2v) is 6.41. The minimum Gasteiger partial charge on any atom is -0.481 e. The quantitative estimate of drug-likeness (QED) is 0.841. The monoisotopic (exact) mass is 329 g/mol. The number of rotatable bonds is 6. The van der Waals surface area contributed by atoms with Gasteiger partial charge in [-0.25, -0.2) is 0 Å². The van der Waals surface area contributed by atoms with E-state index in [0.717, 1.165) is 12.0 Å². The van der Waals surface area contributed by atoms with Gasteiger partial charge in [0.25, 0.3) is 0 Å². The smallest absolute Gasteiger partial charge is 0.303 e. The zero-order valence-corrected chi connectivity index (χ0v) is 13.1. The van der Waals surface area contributed by atoms with Crippen LogP contribution >= 0.6 is 23.2 Å². The molecule has 114 valence electrons.